The standard InChI is InChI=1S/C21H18FN3O6S/c1-24(32(29,30)20-11-5-15(22)6-12-20)17-7-9-19(10-8-17)31-14-21(26)23-16-3-2-4-18(13-16)25(27)28/h2-13H,14H2,1H3,(H,23,26). The first-order chi connectivity index (χ1) is 15.2. The number of sulfonamides is 1. The summed E-state index contributed by atoms with van der Waals surface area (Å²) < 4.78 is 44.8. The van der Waals surface area contributed by atoms with Gasteiger partial charge in [0.05, 0.1) is 15.5 Å². The number of halogens is 1. The van der Waals surface area contributed by atoms with Crippen LogP contribution in [0.15, 0.2) is 77.7 Å². The minimum atomic E-state index is -3.88. The van der Waals surface area contributed by atoms with Crippen molar-refractivity contribution in [2.75, 3.05) is 23.3 Å². The molecule has 0 radical (unpaired) electrons. The highest BCUT2D eigenvalue weighted by Crippen LogP contribution is 2.24. The van der Waals surface area contributed by atoms with Gasteiger partial charge in [-0.25, -0.2) is 12.8 Å². The monoisotopic (exact) mass is 459 g/mol. The lowest BCUT2D eigenvalue weighted by atomic mass is 10.3. The molecular weight excluding hydrogens is 441 g/mol. The number of non-ortho nitro benzene ring substituents is 1. The zero-order chi connectivity index (χ0) is 23.3. The number of hydrogen-bond acceptors (Lipinski definition) is 6. The summed E-state index contributed by atoms with van der Waals surface area (Å²) in [7, 11) is -2.52. The Morgan fingerprint density at radius 2 is 1.75 bits per heavy atom. The highest BCUT2D eigenvalue weighted by Gasteiger charge is 2.21. The quantitative estimate of drug-likeness (QED) is 0.406. The molecule has 0 unspecified atom stereocenters. The summed E-state index contributed by atoms with van der Waals surface area (Å²) in [5, 5.41) is 13.3. The molecule has 3 aromatic carbocycles. The van der Waals surface area contributed by atoms with Crippen LogP contribution in [0.3, 0.4) is 0 Å². The molecule has 3 rings (SSSR count). The Balaban J connectivity index is 1.60. The van der Waals surface area contributed by atoms with Crippen LogP contribution in [0.4, 0.5) is 21.5 Å². The van der Waals surface area contributed by atoms with Crippen LogP contribution in [-0.2, 0) is 14.8 Å². The molecule has 0 aromatic heterocycles. The van der Waals surface area contributed by atoms with E-state index in [0.717, 1.165) is 16.4 Å². The Morgan fingerprint density at radius 3 is 2.38 bits per heavy atom. The third kappa shape index (κ3) is 5.38. The lowest BCUT2D eigenvalue weighted by molar-refractivity contribution is -0.384. The summed E-state index contributed by atoms with van der Waals surface area (Å²) in [6.45, 7) is -0.355. The van der Waals surface area contributed by atoms with Crippen LogP contribution >= 0.6 is 0 Å². The van der Waals surface area contributed by atoms with E-state index in [-0.39, 0.29) is 22.9 Å². The Bertz CT molecular complexity index is 1230. The molecule has 3 aromatic rings. The molecule has 0 atom stereocenters. The fourth-order valence-electron chi connectivity index (χ4n) is 2.70. The molecule has 32 heavy (non-hydrogen) atoms. The molecule has 9 nitrogen and oxygen atoms in total. The maximum atomic E-state index is 13.1. The van der Waals surface area contributed by atoms with Gasteiger partial charge in [-0.3, -0.25) is 19.2 Å². The van der Waals surface area contributed by atoms with Gasteiger partial charge in [-0.05, 0) is 54.6 Å². The topological polar surface area (TPSA) is 119 Å². The number of nitro benzene ring substituents is 1. The fourth-order valence-corrected chi connectivity index (χ4v) is 3.89. The van der Waals surface area contributed by atoms with Gasteiger partial charge in [-0.2, -0.15) is 0 Å². The van der Waals surface area contributed by atoms with Crippen LogP contribution in [0.5, 0.6) is 5.75 Å². The molecule has 0 spiro atoms. The van der Waals surface area contributed by atoms with E-state index in [1.165, 1.54) is 67.7 Å². The Labute approximate surface area is 183 Å². The predicted octanol–water partition coefficient (Wildman–Crippen LogP) is 3.58. The molecule has 0 fully saturated rings. The first-order valence-corrected chi connectivity index (χ1v) is 10.6. The largest absolute Gasteiger partial charge is 0.484 e. The average Bonchev–Trinajstić information content (AvgIpc) is 2.78. The summed E-state index contributed by atoms with van der Waals surface area (Å²) in [6.07, 6.45) is 0. The normalized spacial score (nSPS) is 10.9. The lowest BCUT2D eigenvalue weighted by Gasteiger charge is -2.19. The second-order valence-corrected chi connectivity index (χ2v) is 8.53. The molecule has 1 N–H and O–H groups in total. The maximum absolute atomic E-state index is 13.1. The number of ether oxygens (including phenoxy) is 1. The number of nitrogens with zero attached hydrogens (tertiary/aromatic N) is 2. The van der Waals surface area contributed by atoms with E-state index in [9.17, 15) is 27.7 Å². The predicted molar refractivity (Wildman–Crippen MR) is 116 cm³/mol. The molecule has 0 heterocycles. The van der Waals surface area contributed by atoms with Gasteiger partial charge in [-0.1, -0.05) is 6.07 Å². The fraction of sp³-hybridized carbons (Fsp3) is 0.0952. The number of rotatable bonds is 8. The molecule has 0 aliphatic carbocycles. The number of nitrogens with one attached hydrogen (secondary N) is 1. The van der Waals surface area contributed by atoms with Crippen molar-refractivity contribution < 1.29 is 27.3 Å². The third-order valence-electron chi connectivity index (χ3n) is 4.38. The van der Waals surface area contributed by atoms with Gasteiger partial charge in [0.25, 0.3) is 21.6 Å². The smallest absolute Gasteiger partial charge is 0.271 e. The Kier molecular flexibility index (Phi) is 6.69. The molecule has 11 heteroatoms. The SMILES string of the molecule is CN(c1ccc(OCC(=O)Nc2cccc([N+](=O)[O-])c2)cc1)S(=O)(=O)c1ccc(F)cc1. The number of amides is 1. The van der Waals surface area contributed by atoms with Crippen molar-refractivity contribution in [1.29, 1.82) is 0 Å². The molecule has 0 aliphatic rings. The Morgan fingerprint density at radius 1 is 1.09 bits per heavy atom. The lowest BCUT2D eigenvalue weighted by Crippen LogP contribution is -2.26. The summed E-state index contributed by atoms with van der Waals surface area (Å²) in [5.74, 6) is -0.747. The highest BCUT2D eigenvalue weighted by molar-refractivity contribution is 7.92. The van der Waals surface area contributed by atoms with Gasteiger partial charge in [0.15, 0.2) is 6.61 Å². The van der Waals surface area contributed by atoms with Gasteiger partial charge >= 0.3 is 0 Å². The van der Waals surface area contributed by atoms with Gasteiger partial charge in [0.1, 0.15) is 11.6 Å². The minimum absolute atomic E-state index is 0.0560. The zero-order valence-corrected chi connectivity index (χ0v) is 17.6. The third-order valence-corrected chi connectivity index (χ3v) is 6.18. The number of benzene rings is 3. The summed E-state index contributed by atoms with van der Waals surface area (Å²) in [4.78, 5) is 22.2. The van der Waals surface area contributed by atoms with Crippen molar-refractivity contribution in [1.82, 2.24) is 0 Å². The van der Waals surface area contributed by atoms with Crippen LogP contribution in [0.25, 0.3) is 0 Å². The molecule has 0 bridgehead atoms. The second-order valence-electron chi connectivity index (χ2n) is 6.56. The van der Waals surface area contributed by atoms with Crippen LogP contribution in [-0.4, -0.2) is 32.9 Å². The molecule has 0 saturated heterocycles. The van der Waals surface area contributed by atoms with Crippen molar-refractivity contribution in [3.05, 3.63) is 88.7 Å². The number of carbonyl (C=O) groups excluding carboxylic acids is 1. The molecular formula is C21H18FN3O6S. The second kappa shape index (κ2) is 9.43. The molecule has 0 aliphatic heterocycles. The average molecular weight is 459 g/mol. The summed E-state index contributed by atoms with van der Waals surface area (Å²) in [6, 6.07) is 16.0. The van der Waals surface area contributed by atoms with E-state index in [1.807, 2.05) is 0 Å². The first-order valence-electron chi connectivity index (χ1n) is 9.18. The molecule has 0 saturated carbocycles. The van der Waals surface area contributed by atoms with Gasteiger partial charge < -0.3 is 10.1 Å². The van der Waals surface area contributed by atoms with Crippen LogP contribution in [0.1, 0.15) is 0 Å². The number of nitro groups is 1. The van der Waals surface area contributed by atoms with Gasteiger partial charge in [0, 0.05) is 24.9 Å². The van der Waals surface area contributed by atoms with E-state index in [1.54, 1.807) is 0 Å². The molecule has 166 valence electrons. The van der Waals surface area contributed by atoms with Crippen LogP contribution < -0.4 is 14.4 Å². The molecule has 1 amide bonds. The summed E-state index contributed by atoms with van der Waals surface area (Å²) >= 11 is 0. The zero-order valence-electron chi connectivity index (χ0n) is 16.8. The van der Waals surface area contributed by atoms with Crippen molar-refractivity contribution in [2.24, 2.45) is 0 Å². The van der Waals surface area contributed by atoms with Gasteiger partial charge in [-0.15, -0.1) is 0 Å². The van der Waals surface area contributed by atoms with Crippen LogP contribution in [0.2, 0.25) is 0 Å². The van der Waals surface area contributed by atoms with E-state index in [4.69, 9.17) is 4.74 Å². The number of anilines is 2. The maximum Gasteiger partial charge on any atom is 0.271 e. The van der Waals surface area contributed by atoms with E-state index in [2.05, 4.69) is 5.32 Å². The summed E-state index contributed by atoms with van der Waals surface area (Å²) in [5.41, 5.74) is 0.442. The number of hydrogen-bond donors (Lipinski definition) is 1. The van der Waals surface area contributed by atoms with E-state index < -0.39 is 26.7 Å². The van der Waals surface area contributed by atoms with Crippen LogP contribution in [0, 0.1) is 15.9 Å². The highest BCUT2D eigenvalue weighted by atomic mass is 32.2. The van der Waals surface area contributed by atoms with E-state index in [0.29, 0.717) is 11.4 Å². The van der Waals surface area contributed by atoms with Crippen molar-refractivity contribution in [3.8, 4) is 5.75 Å². The number of carbonyl (C=O) groups is 1. The van der Waals surface area contributed by atoms with E-state index >= 15 is 0 Å². The van der Waals surface area contributed by atoms with Crippen molar-refractivity contribution in [3.63, 3.8) is 0 Å². The minimum Gasteiger partial charge on any atom is -0.484 e. The first kappa shape index (κ1) is 22.7. The van der Waals surface area contributed by atoms with Gasteiger partial charge in [0.2, 0.25) is 0 Å². The van der Waals surface area contributed by atoms with Crippen molar-refractivity contribution >= 4 is 33.0 Å². The Hall–Kier alpha value is -3.99. The van der Waals surface area contributed by atoms with Crippen molar-refractivity contribution in [2.45, 2.75) is 4.90 Å².